The van der Waals surface area contributed by atoms with Crippen LogP contribution >= 0.6 is 0 Å². The third kappa shape index (κ3) is 0.918. The highest BCUT2D eigenvalue weighted by Crippen LogP contribution is 2.39. The Hall–Kier alpha value is -1.04. The average Bonchev–Trinajstić information content (AvgIpc) is 2.57. The first-order chi connectivity index (χ1) is 6.36. The maximum absolute atomic E-state index is 2.44. The molecule has 0 aliphatic heterocycles. The van der Waals surface area contributed by atoms with Crippen LogP contribution in [0.1, 0.15) is 35.1 Å². The molecule has 0 unspecified atom stereocenters. The predicted molar refractivity (Wildman–Crippen MR) is 55.8 cm³/mol. The molecule has 0 spiro atoms. The molecule has 0 bridgehead atoms. The topological polar surface area (TPSA) is 0 Å². The Morgan fingerprint density at radius 3 is 2.92 bits per heavy atom. The normalized spacial score (nSPS) is 18.4. The summed E-state index contributed by atoms with van der Waals surface area (Å²) in [6.07, 6.45) is 7.52. The van der Waals surface area contributed by atoms with Gasteiger partial charge in [-0.25, -0.2) is 0 Å². The van der Waals surface area contributed by atoms with E-state index in [0.717, 1.165) is 0 Å². The maximum Gasteiger partial charge on any atom is -0.0160 e. The number of benzene rings is 1. The SMILES string of the molecule is Cc1ccc2c3c1CCC=C3CC2. The van der Waals surface area contributed by atoms with Gasteiger partial charge in [-0.15, -0.1) is 0 Å². The van der Waals surface area contributed by atoms with Crippen LogP contribution < -0.4 is 0 Å². The van der Waals surface area contributed by atoms with Crippen molar-refractivity contribution >= 4 is 5.57 Å². The van der Waals surface area contributed by atoms with Gasteiger partial charge in [0.25, 0.3) is 0 Å². The van der Waals surface area contributed by atoms with Gasteiger partial charge < -0.3 is 0 Å². The van der Waals surface area contributed by atoms with Crippen molar-refractivity contribution in [1.29, 1.82) is 0 Å². The highest BCUT2D eigenvalue weighted by atomic mass is 14.3. The van der Waals surface area contributed by atoms with Crippen LogP contribution in [-0.4, -0.2) is 0 Å². The van der Waals surface area contributed by atoms with Gasteiger partial charge in [-0.2, -0.15) is 0 Å². The van der Waals surface area contributed by atoms with Crippen molar-refractivity contribution in [2.24, 2.45) is 0 Å². The van der Waals surface area contributed by atoms with Crippen LogP contribution in [0.4, 0.5) is 0 Å². The lowest BCUT2D eigenvalue weighted by Gasteiger charge is -2.16. The summed E-state index contributed by atoms with van der Waals surface area (Å²) in [5.41, 5.74) is 7.96. The second kappa shape index (κ2) is 2.47. The monoisotopic (exact) mass is 170 g/mol. The Morgan fingerprint density at radius 1 is 1.08 bits per heavy atom. The van der Waals surface area contributed by atoms with Crippen LogP contribution in [0.3, 0.4) is 0 Å². The number of allylic oxidation sites excluding steroid dienone is 2. The van der Waals surface area contributed by atoms with E-state index in [1.807, 2.05) is 0 Å². The lowest BCUT2D eigenvalue weighted by Crippen LogP contribution is -2.00. The fourth-order valence-electron chi connectivity index (χ4n) is 2.72. The molecule has 66 valence electrons. The van der Waals surface area contributed by atoms with Gasteiger partial charge >= 0.3 is 0 Å². The summed E-state index contributed by atoms with van der Waals surface area (Å²) in [6.45, 7) is 2.25. The van der Waals surface area contributed by atoms with E-state index in [0.29, 0.717) is 0 Å². The van der Waals surface area contributed by atoms with Crippen molar-refractivity contribution in [2.45, 2.75) is 32.6 Å². The minimum absolute atomic E-state index is 1.26. The Balaban J connectivity index is 2.35. The Morgan fingerprint density at radius 2 is 2.00 bits per heavy atom. The molecule has 0 radical (unpaired) electrons. The lowest BCUT2D eigenvalue weighted by atomic mass is 9.88. The van der Waals surface area contributed by atoms with Crippen LogP contribution in [0, 0.1) is 6.92 Å². The van der Waals surface area contributed by atoms with Gasteiger partial charge in [0.2, 0.25) is 0 Å². The zero-order valence-electron chi connectivity index (χ0n) is 8.06. The van der Waals surface area contributed by atoms with E-state index in [1.54, 1.807) is 22.3 Å². The predicted octanol–water partition coefficient (Wildman–Crippen LogP) is 3.27. The molecule has 0 fully saturated rings. The zero-order chi connectivity index (χ0) is 8.84. The van der Waals surface area contributed by atoms with Gasteiger partial charge in [0, 0.05) is 0 Å². The molecule has 13 heavy (non-hydrogen) atoms. The zero-order valence-corrected chi connectivity index (χ0v) is 8.06. The molecule has 0 saturated carbocycles. The van der Waals surface area contributed by atoms with Crippen LogP contribution in [0.2, 0.25) is 0 Å². The van der Waals surface area contributed by atoms with Gasteiger partial charge in [-0.05, 0) is 60.4 Å². The van der Waals surface area contributed by atoms with Crippen molar-refractivity contribution in [3.05, 3.63) is 40.5 Å². The molecule has 2 aliphatic rings. The Kier molecular flexibility index (Phi) is 1.40. The van der Waals surface area contributed by atoms with E-state index < -0.39 is 0 Å². The standard InChI is InChI=1S/C13H14/c1-9-5-6-11-8-7-10-3-2-4-12(9)13(10)11/h3,5-6H,2,4,7-8H2,1H3. The number of aryl methyl sites for hydroxylation is 2. The molecule has 0 N–H and O–H groups in total. The molecular formula is C13H14. The van der Waals surface area contributed by atoms with Gasteiger partial charge in [0.15, 0.2) is 0 Å². The van der Waals surface area contributed by atoms with Gasteiger partial charge in [-0.3, -0.25) is 0 Å². The first kappa shape index (κ1) is 7.37. The minimum Gasteiger partial charge on any atom is -0.0804 e. The molecule has 2 aliphatic carbocycles. The lowest BCUT2D eigenvalue weighted by molar-refractivity contribution is 0.962. The van der Waals surface area contributed by atoms with Crippen molar-refractivity contribution < 1.29 is 0 Å². The summed E-state index contributed by atoms with van der Waals surface area (Å²) in [5, 5.41) is 0. The molecule has 0 saturated heterocycles. The van der Waals surface area contributed by atoms with E-state index >= 15 is 0 Å². The molecule has 0 heteroatoms. The highest BCUT2D eigenvalue weighted by Gasteiger charge is 2.22. The summed E-state index contributed by atoms with van der Waals surface area (Å²) < 4.78 is 0. The third-order valence-electron chi connectivity index (χ3n) is 3.40. The maximum atomic E-state index is 2.44. The first-order valence-corrected chi connectivity index (χ1v) is 5.17. The van der Waals surface area contributed by atoms with Crippen molar-refractivity contribution in [3.8, 4) is 0 Å². The largest absolute Gasteiger partial charge is 0.0804 e. The van der Waals surface area contributed by atoms with Crippen molar-refractivity contribution in [2.75, 3.05) is 0 Å². The van der Waals surface area contributed by atoms with E-state index in [4.69, 9.17) is 0 Å². The van der Waals surface area contributed by atoms with Gasteiger partial charge in [-0.1, -0.05) is 18.2 Å². The average molecular weight is 170 g/mol. The first-order valence-electron chi connectivity index (χ1n) is 5.17. The Bertz CT molecular complexity index is 397. The van der Waals surface area contributed by atoms with E-state index in [-0.39, 0.29) is 0 Å². The minimum atomic E-state index is 1.26. The number of hydrogen-bond donors (Lipinski definition) is 0. The Labute approximate surface area is 79.3 Å². The van der Waals surface area contributed by atoms with Crippen LogP contribution in [0.25, 0.3) is 5.57 Å². The summed E-state index contributed by atoms with van der Waals surface area (Å²) >= 11 is 0. The molecular weight excluding hydrogens is 156 g/mol. The molecule has 0 nitrogen and oxygen atoms in total. The summed E-state index contributed by atoms with van der Waals surface area (Å²) in [4.78, 5) is 0. The van der Waals surface area contributed by atoms with Crippen LogP contribution in [0.5, 0.6) is 0 Å². The van der Waals surface area contributed by atoms with E-state index in [9.17, 15) is 0 Å². The van der Waals surface area contributed by atoms with Crippen LogP contribution in [0.15, 0.2) is 18.2 Å². The summed E-state index contributed by atoms with van der Waals surface area (Å²) in [5.74, 6) is 0. The second-order valence-electron chi connectivity index (χ2n) is 4.16. The molecule has 0 amide bonds. The van der Waals surface area contributed by atoms with Crippen molar-refractivity contribution in [1.82, 2.24) is 0 Å². The van der Waals surface area contributed by atoms with Crippen LogP contribution in [-0.2, 0) is 12.8 Å². The highest BCUT2D eigenvalue weighted by molar-refractivity contribution is 5.77. The van der Waals surface area contributed by atoms with E-state index in [2.05, 4.69) is 25.1 Å². The summed E-state index contributed by atoms with van der Waals surface area (Å²) in [6, 6.07) is 4.61. The third-order valence-corrected chi connectivity index (χ3v) is 3.40. The molecule has 0 aromatic heterocycles. The number of rotatable bonds is 0. The molecule has 0 heterocycles. The molecule has 1 aromatic carbocycles. The van der Waals surface area contributed by atoms with Gasteiger partial charge in [0.05, 0.1) is 0 Å². The molecule has 0 atom stereocenters. The number of hydrogen-bond acceptors (Lipinski definition) is 0. The molecule has 1 aromatic rings. The quantitative estimate of drug-likeness (QED) is 0.560. The smallest absolute Gasteiger partial charge is 0.0160 e. The fraction of sp³-hybridized carbons (Fsp3) is 0.385. The second-order valence-corrected chi connectivity index (χ2v) is 4.16. The van der Waals surface area contributed by atoms with Crippen molar-refractivity contribution in [3.63, 3.8) is 0 Å². The fourth-order valence-corrected chi connectivity index (χ4v) is 2.72. The van der Waals surface area contributed by atoms with E-state index in [1.165, 1.54) is 31.2 Å². The van der Waals surface area contributed by atoms with Gasteiger partial charge in [0.1, 0.15) is 0 Å². The summed E-state index contributed by atoms with van der Waals surface area (Å²) in [7, 11) is 0. The molecule has 3 rings (SSSR count).